The summed E-state index contributed by atoms with van der Waals surface area (Å²) in [6.07, 6.45) is 4.11. The van der Waals surface area contributed by atoms with Crippen molar-refractivity contribution < 1.29 is 4.74 Å². The van der Waals surface area contributed by atoms with Crippen molar-refractivity contribution in [2.45, 2.75) is 25.4 Å². The summed E-state index contributed by atoms with van der Waals surface area (Å²) >= 11 is 0. The third-order valence-corrected chi connectivity index (χ3v) is 2.61. The molecule has 0 unspecified atom stereocenters. The zero-order valence-electron chi connectivity index (χ0n) is 7.55. The molecule has 1 aliphatic heterocycles. The Kier molecular flexibility index (Phi) is 1.48. The van der Waals surface area contributed by atoms with E-state index in [1.165, 1.54) is 24.1 Å². The van der Waals surface area contributed by atoms with Crippen molar-refractivity contribution >= 4 is 5.69 Å². The number of anilines is 1. The Morgan fingerprint density at radius 2 is 2.23 bits per heavy atom. The van der Waals surface area contributed by atoms with Gasteiger partial charge in [0, 0.05) is 12.2 Å². The van der Waals surface area contributed by atoms with E-state index in [2.05, 4.69) is 23.5 Å². The molecule has 1 fully saturated rings. The number of nitrogens with one attached hydrogen (secondary N) is 1. The van der Waals surface area contributed by atoms with E-state index >= 15 is 0 Å². The van der Waals surface area contributed by atoms with Gasteiger partial charge in [0.05, 0.1) is 6.10 Å². The van der Waals surface area contributed by atoms with Gasteiger partial charge in [-0.15, -0.1) is 0 Å². The van der Waals surface area contributed by atoms with E-state index in [0.29, 0.717) is 6.10 Å². The summed E-state index contributed by atoms with van der Waals surface area (Å²) in [7, 11) is 0. The Morgan fingerprint density at radius 1 is 1.31 bits per heavy atom. The largest absolute Gasteiger partial charge is 0.490 e. The van der Waals surface area contributed by atoms with Gasteiger partial charge in [-0.1, -0.05) is 0 Å². The summed E-state index contributed by atoms with van der Waals surface area (Å²) in [6.45, 7) is 1.07. The molecule has 1 saturated carbocycles. The third kappa shape index (κ3) is 1.37. The van der Waals surface area contributed by atoms with Gasteiger partial charge in [-0.2, -0.15) is 0 Å². The second-order valence-electron chi connectivity index (χ2n) is 3.81. The minimum Gasteiger partial charge on any atom is -0.490 e. The maximum Gasteiger partial charge on any atom is 0.120 e. The van der Waals surface area contributed by atoms with Crippen LogP contribution in [-0.4, -0.2) is 12.6 Å². The van der Waals surface area contributed by atoms with Gasteiger partial charge >= 0.3 is 0 Å². The lowest BCUT2D eigenvalue weighted by Gasteiger charge is -2.05. The first-order valence-corrected chi connectivity index (χ1v) is 4.95. The highest BCUT2D eigenvalue weighted by Gasteiger charge is 2.23. The van der Waals surface area contributed by atoms with Crippen LogP contribution >= 0.6 is 0 Å². The molecule has 13 heavy (non-hydrogen) atoms. The van der Waals surface area contributed by atoms with Gasteiger partial charge in [-0.3, -0.25) is 0 Å². The number of benzene rings is 1. The molecule has 0 saturated heterocycles. The van der Waals surface area contributed by atoms with Crippen LogP contribution in [0, 0.1) is 0 Å². The zero-order valence-corrected chi connectivity index (χ0v) is 7.55. The van der Waals surface area contributed by atoms with E-state index in [0.717, 1.165) is 18.7 Å². The molecule has 0 spiro atoms. The first-order chi connectivity index (χ1) is 6.42. The van der Waals surface area contributed by atoms with Gasteiger partial charge in [-0.25, -0.2) is 0 Å². The fraction of sp³-hybridized carbons (Fsp3) is 0.455. The topological polar surface area (TPSA) is 21.3 Å². The Labute approximate surface area is 77.9 Å². The first-order valence-electron chi connectivity index (χ1n) is 4.95. The molecule has 1 aromatic carbocycles. The minimum atomic E-state index is 0.507. The van der Waals surface area contributed by atoms with Crippen LogP contribution in [0.2, 0.25) is 0 Å². The Balaban J connectivity index is 1.86. The molecular weight excluding hydrogens is 162 g/mol. The molecule has 0 aromatic heterocycles. The summed E-state index contributed by atoms with van der Waals surface area (Å²) in [4.78, 5) is 0. The molecule has 1 aromatic rings. The second-order valence-corrected chi connectivity index (χ2v) is 3.81. The quantitative estimate of drug-likeness (QED) is 0.744. The summed E-state index contributed by atoms with van der Waals surface area (Å²) in [5, 5.41) is 3.34. The molecule has 3 rings (SSSR count). The fourth-order valence-corrected chi connectivity index (χ4v) is 1.73. The van der Waals surface area contributed by atoms with Crippen molar-refractivity contribution in [3.8, 4) is 5.75 Å². The highest BCUT2D eigenvalue weighted by molar-refractivity contribution is 5.57. The lowest BCUT2D eigenvalue weighted by molar-refractivity contribution is 0.303. The second kappa shape index (κ2) is 2.66. The summed E-state index contributed by atoms with van der Waals surface area (Å²) in [5.74, 6) is 1.05. The van der Waals surface area contributed by atoms with Crippen molar-refractivity contribution in [1.82, 2.24) is 0 Å². The SMILES string of the molecule is c1cc2c(cc1OC1CC1)CCN2. The van der Waals surface area contributed by atoms with E-state index < -0.39 is 0 Å². The van der Waals surface area contributed by atoms with Gasteiger partial charge in [0.2, 0.25) is 0 Å². The van der Waals surface area contributed by atoms with E-state index in [1.807, 2.05) is 0 Å². The maximum atomic E-state index is 5.72. The summed E-state index contributed by atoms with van der Waals surface area (Å²) < 4.78 is 5.72. The van der Waals surface area contributed by atoms with E-state index in [1.54, 1.807) is 0 Å². The molecule has 2 heteroatoms. The number of fused-ring (bicyclic) bond motifs is 1. The van der Waals surface area contributed by atoms with E-state index in [9.17, 15) is 0 Å². The van der Waals surface area contributed by atoms with Crippen LogP contribution in [0.3, 0.4) is 0 Å². The highest BCUT2D eigenvalue weighted by Crippen LogP contribution is 2.31. The Bertz CT molecular complexity index is 331. The average molecular weight is 175 g/mol. The first kappa shape index (κ1) is 7.25. The van der Waals surface area contributed by atoms with Crippen molar-refractivity contribution in [2.24, 2.45) is 0 Å². The van der Waals surface area contributed by atoms with Crippen LogP contribution in [0.25, 0.3) is 0 Å². The highest BCUT2D eigenvalue weighted by atomic mass is 16.5. The van der Waals surface area contributed by atoms with Gasteiger partial charge in [-0.05, 0) is 43.0 Å². The third-order valence-electron chi connectivity index (χ3n) is 2.61. The smallest absolute Gasteiger partial charge is 0.120 e. The minimum absolute atomic E-state index is 0.507. The Morgan fingerprint density at radius 3 is 3.08 bits per heavy atom. The number of hydrogen-bond donors (Lipinski definition) is 1. The van der Waals surface area contributed by atoms with Gasteiger partial charge < -0.3 is 10.1 Å². The molecule has 68 valence electrons. The number of hydrogen-bond acceptors (Lipinski definition) is 2. The van der Waals surface area contributed by atoms with Crippen LogP contribution < -0.4 is 10.1 Å². The maximum absolute atomic E-state index is 5.72. The fourth-order valence-electron chi connectivity index (χ4n) is 1.73. The van der Waals surface area contributed by atoms with E-state index in [-0.39, 0.29) is 0 Å². The molecule has 1 heterocycles. The molecule has 0 amide bonds. The van der Waals surface area contributed by atoms with Crippen LogP contribution in [0.5, 0.6) is 5.75 Å². The number of ether oxygens (including phenoxy) is 1. The monoisotopic (exact) mass is 175 g/mol. The molecule has 0 bridgehead atoms. The average Bonchev–Trinajstić information content (AvgIpc) is 2.83. The van der Waals surface area contributed by atoms with Crippen LogP contribution in [-0.2, 0) is 6.42 Å². The predicted octanol–water partition coefficient (Wildman–Crippen LogP) is 2.20. The molecular formula is C11H13NO. The molecule has 0 radical (unpaired) electrons. The summed E-state index contributed by atoms with van der Waals surface area (Å²) in [6, 6.07) is 6.36. The van der Waals surface area contributed by atoms with Crippen molar-refractivity contribution in [3.05, 3.63) is 23.8 Å². The van der Waals surface area contributed by atoms with Gasteiger partial charge in [0.25, 0.3) is 0 Å². The number of rotatable bonds is 2. The van der Waals surface area contributed by atoms with Gasteiger partial charge in [0.1, 0.15) is 5.75 Å². The molecule has 2 aliphatic rings. The normalized spacial score (nSPS) is 19.4. The predicted molar refractivity (Wildman–Crippen MR) is 52.3 cm³/mol. The van der Waals surface area contributed by atoms with Crippen LogP contribution in [0.1, 0.15) is 18.4 Å². The zero-order chi connectivity index (χ0) is 8.67. The molecule has 1 aliphatic carbocycles. The Hall–Kier alpha value is -1.18. The molecule has 1 N–H and O–H groups in total. The van der Waals surface area contributed by atoms with Crippen LogP contribution in [0.4, 0.5) is 5.69 Å². The molecule has 2 nitrogen and oxygen atoms in total. The standard InChI is InChI=1S/C11H13NO/c1-2-9(1)13-10-3-4-11-8(7-10)5-6-12-11/h3-4,7,9,12H,1-2,5-6H2. The van der Waals surface area contributed by atoms with Crippen LogP contribution in [0.15, 0.2) is 18.2 Å². The lowest BCUT2D eigenvalue weighted by atomic mass is 10.1. The van der Waals surface area contributed by atoms with Crippen molar-refractivity contribution in [1.29, 1.82) is 0 Å². The summed E-state index contributed by atoms with van der Waals surface area (Å²) in [5.41, 5.74) is 2.68. The van der Waals surface area contributed by atoms with Crippen molar-refractivity contribution in [3.63, 3.8) is 0 Å². The van der Waals surface area contributed by atoms with E-state index in [4.69, 9.17) is 4.74 Å². The molecule has 0 atom stereocenters. The van der Waals surface area contributed by atoms with Gasteiger partial charge in [0.15, 0.2) is 0 Å². The lowest BCUT2D eigenvalue weighted by Crippen LogP contribution is -1.95. The van der Waals surface area contributed by atoms with Crippen molar-refractivity contribution in [2.75, 3.05) is 11.9 Å².